The Balaban J connectivity index is 2.77. The normalized spacial score (nSPS) is 11.1. The molecule has 0 aliphatic rings. The molecule has 0 saturated heterocycles. The van der Waals surface area contributed by atoms with Crippen molar-refractivity contribution in [1.82, 2.24) is 4.98 Å². The number of hydrogen-bond acceptors (Lipinski definition) is 3. The molecule has 0 fully saturated rings. The number of hydrogen-bond donors (Lipinski definition) is 3. The third-order valence-corrected chi connectivity index (χ3v) is 1.53. The summed E-state index contributed by atoms with van der Waals surface area (Å²) in [6.07, 6.45) is 1.69. The van der Waals surface area contributed by atoms with Gasteiger partial charge in [-0.1, -0.05) is 0 Å². The zero-order valence-electron chi connectivity index (χ0n) is 7.70. The van der Waals surface area contributed by atoms with Gasteiger partial charge in [0.1, 0.15) is 5.82 Å². The van der Waals surface area contributed by atoms with E-state index >= 15 is 0 Å². The number of guanidine groups is 1. The molecule has 0 aliphatic carbocycles. The van der Waals surface area contributed by atoms with Gasteiger partial charge in [-0.05, 0) is 6.07 Å². The second-order valence-corrected chi connectivity index (χ2v) is 2.41. The van der Waals surface area contributed by atoms with Crippen molar-refractivity contribution < 1.29 is 0 Å². The van der Waals surface area contributed by atoms with E-state index in [2.05, 4.69) is 20.6 Å². The molecule has 0 aliphatic heterocycles. The van der Waals surface area contributed by atoms with Crippen LogP contribution in [0.1, 0.15) is 0 Å². The van der Waals surface area contributed by atoms with E-state index in [0.29, 0.717) is 5.96 Å². The average molecular weight is 179 g/mol. The number of nitrogens with two attached hydrogens (primary N) is 1. The second kappa shape index (κ2) is 4.30. The van der Waals surface area contributed by atoms with Gasteiger partial charge < -0.3 is 16.4 Å². The summed E-state index contributed by atoms with van der Waals surface area (Å²) in [6.45, 7) is 0. The maximum atomic E-state index is 5.49. The van der Waals surface area contributed by atoms with Gasteiger partial charge in [0.2, 0.25) is 0 Å². The van der Waals surface area contributed by atoms with Gasteiger partial charge in [-0.15, -0.1) is 0 Å². The lowest BCUT2D eigenvalue weighted by molar-refractivity contribution is 1.28. The summed E-state index contributed by atoms with van der Waals surface area (Å²) in [5, 5.41) is 5.84. The van der Waals surface area contributed by atoms with Crippen LogP contribution in [-0.2, 0) is 0 Å². The van der Waals surface area contributed by atoms with Crippen molar-refractivity contribution >= 4 is 17.5 Å². The Morgan fingerprint density at radius 1 is 1.62 bits per heavy atom. The molecule has 1 aromatic heterocycles. The Kier molecular flexibility index (Phi) is 3.08. The monoisotopic (exact) mass is 179 g/mol. The fraction of sp³-hybridized carbons (Fsp3) is 0.250. The molecule has 1 rings (SSSR count). The first kappa shape index (κ1) is 9.31. The molecular weight excluding hydrogens is 166 g/mol. The molecule has 0 unspecified atom stereocenters. The first-order chi connectivity index (χ1) is 6.26. The van der Waals surface area contributed by atoms with E-state index in [-0.39, 0.29) is 0 Å². The van der Waals surface area contributed by atoms with Crippen LogP contribution in [0.5, 0.6) is 0 Å². The fourth-order valence-corrected chi connectivity index (χ4v) is 0.849. The zero-order valence-corrected chi connectivity index (χ0v) is 7.70. The van der Waals surface area contributed by atoms with Crippen molar-refractivity contribution in [3.05, 3.63) is 18.3 Å². The number of pyridine rings is 1. The van der Waals surface area contributed by atoms with Crippen LogP contribution in [0.3, 0.4) is 0 Å². The van der Waals surface area contributed by atoms with Crippen molar-refractivity contribution in [2.45, 2.75) is 0 Å². The highest BCUT2D eigenvalue weighted by Crippen LogP contribution is 2.10. The van der Waals surface area contributed by atoms with Gasteiger partial charge in [0.15, 0.2) is 5.96 Å². The molecule has 0 spiro atoms. The Morgan fingerprint density at radius 2 is 2.38 bits per heavy atom. The van der Waals surface area contributed by atoms with Crippen LogP contribution in [0.15, 0.2) is 23.3 Å². The highest BCUT2D eigenvalue weighted by molar-refractivity contribution is 5.92. The second-order valence-electron chi connectivity index (χ2n) is 2.41. The standard InChI is InChI=1S/C8H13N5/c1-10-7-5-6(3-4-12-7)13-8(9)11-2/h3-5H,1-2H3,(H4,9,10,11,12,13). The summed E-state index contributed by atoms with van der Waals surface area (Å²) < 4.78 is 0. The Bertz CT molecular complexity index is 307. The highest BCUT2D eigenvalue weighted by Gasteiger charge is 1.95. The van der Waals surface area contributed by atoms with E-state index in [1.807, 2.05) is 19.2 Å². The quantitative estimate of drug-likeness (QED) is 0.456. The lowest BCUT2D eigenvalue weighted by Gasteiger charge is -2.05. The van der Waals surface area contributed by atoms with E-state index in [0.717, 1.165) is 11.5 Å². The third kappa shape index (κ3) is 2.62. The summed E-state index contributed by atoms with van der Waals surface area (Å²) in [6, 6.07) is 3.66. The van der Waals surface area contributed by atoms with Crippen molar-refractivity contribution in [1.29, 1.82) is 0 Å². The van der Waals surface area contributed by atoms with Crippen LogP contribution >= 0.6 is 0 Å². The minimum atomic E-state index is 0.383. The molecule has 0 amide bonds. The first-order valence-corrected chi connectivity index (χ1v) is 3.89. The zero-order chi connectivity index (χ0) is 9.68. The lowest BCUT2D eigenvalue weighted by atomic mass is 10.4. The maximum absolute atomic E-state index is 5.49. The minimum Gasteiger partial charge on any atom is -0.373 e. The molecule has 1 heterocycles. The summed E-state index contributed by atoms with van der Waals surface area (Å²) in [4.78, 5) is 7.84. The van der Waals surface area contributed by atoms with Gasteiger partial charge >= 0.3 is 0 Å². The largest absolute Gasteiger partial charge is 0.373 e. The van der Waals surface area contributed by atoms with E-state index in [1.165, 1.54) is 0 Å². The predicted octanol–water partition coefficient (Wildman–Crippen LogP) is 0.480. The van der Waals surface area contributed by atoms with Gasteiger partial charge in [-0.25, -0.2) is 4.98 Å². The van der Waals surface area contributed by atoms with Crippen molar-refractivity contribution in [3.63, 3.8) is 0 Å². The Hall–Kier alpha value is -1.78. The van der Waals surface area contributed by atoms with Gasteiger partial charge in [0.25, 0.3) is 0 Å². The summed E-state index contributed by atoms with van der Waals surface area (Å²) in [5.74, 6) is 1.17. The number of nitrogens with one attached hydrogen (secondary N) is 2. The molecule has 13 heavy (non-hydrogen) atoms. The molecule has 1 aromatic rings. The van der Waals surface area contributed by atoms with E-state index in [4.69, 9.17) is 5.73 Å². The molecule has 5 nitrogen and oxygen atoms in total. The SMILES string of the molecule is CN=C(N)Nc1ccnc(NC)c1. The third-order valence-electron chi connectivity index (χ3n) is 1.53. The molecule has 0 radical (unpaired) electrons. The number of aromatic nitrogens is 1. The summed E-state index contributed by atoms with van der Waals surface area (Å²) >= 11 is 0. The van der Waals surface area contributed by atoms with Crippen molar-refractivity contribution in [2.24, 2.45) is 10.7 Å². The molecule has 0 saturated carbocycles. The van der Waals surface area contributed by atoms with Crippen molar-refractivity contribution in [2.75, 3.05) is 24.7 Å². The lowest BCUT2D eigenvalue weighted by Crippen LogP contribution is -2.22. The van der Waals surface area contributed by atoms with Crippen LogP contribution in [0.4, 0.5) is 11.5 Å². The number of nitrogens with zero attached hydrogens (tertiary/aromatic N) is 2. The molecule has 0 atom stereocenters. The predicted molar refractivity (Wildman–Crippen MR) is 55.0 cm³/mol. The molecule has 0 bridgehead atoms. The molecular formula is C8H13N5. The number of rotatable bonds is 2. The molecule has 0 aromatic carbocycles. The van der Waals surface area contributed by atoms with Gasteiger partial charge in [0.05, 0.1) is 0 Å². The summed E-state index contributed by atoms with van der Waals surface area (Å²) in [7, 11) is 3.44. The summed E-state index contributed by atoms with van der Waals surface area (Å²) in [5.41, 5.74) is 6.36. The van der Waals surface area contributed by atoms with Gasteiger partial charge in [-0.3, -0.25) is 4.99 Å². The van der Waals surface area contributed by atoms with Gasteiger partial charge in [-0.2, -0.15) is 0 Å². The number of anilines is 2. The van der Waals surface area contributed by atoms with Crippen LogP contribution in [-0.4, -0.2) is 25.0 Å². The highest BCUT2D eigenvalue weighted by atomic mass is 15.1. The maximum Gasteiger partial charge on any atom is 0.192 e. The Morgan fingerprint density at radius 3 is 3.00 bits per heavy atom. The van der Waals surface area contributed by atoms with Crippen molar-refractivity contribution in [3.8, 4) is 0 Å². The molecule has 5 heteroatoms. The van der Waals surface area contributed by atoms with E-state index in [9.17, 15) is 0 Å². The number of aliphatic imine (C=N–C) groups is 1. The van der Waals surface area contributed by atoms with E-state index in [1.54, 1.807) is 13.2 Å². The van der Waals surface area contributed by atoms with Gasteiger partial charge in [0, 0.05) is 32.0 Å². The molecule has 70 valence electrons. The van der Waals surface area contributed by atoms with Crippen LogP contribution < -0.4 is 16.4 Å². The topological polar surface area (TPSA) is 75.3 Å². The first-order valence-electron chi connectivity index (χ1n) is 3.89. The van der Waals surface area contributed by atoms with Crippen LogP contribution in [0, 0.1) is 0 Å². The van der Waals surface area contributed by atoms with E-state index < -0.39 is 0 Å². The van der Waals surface area contributed by atoms with Crippen LogP contribution in [0.25, 0.3) is 0 Å². The van der Waals surface area contributed by atoms with Crippen LogP contribution in [0.2, 0.25) is 0 Å². The average Bonchev–Trinajstić information content (AvgIpc) is 2.18. The Labute approximate surface area is 77.1 Å². The molecule has 4 N–H and O–H groups in total. The fourth-order valence-electron chi connectivity index (χ4n) is 0.849. The minimum absolute atomic E-state index is 0.383. The smallest absolute Gasteiger partial charge is 0.192 e.